The summed E-state index contributed by atoms with van der Waals surface area (Å²) in [4.78, 5) is 15.6. The molecule has 1 aromatic carbocycles. The first-order valence-corrected chi connectivity index (χ1v) is 6.92. The van der Waals surface area contributed by atoms with Crippen LogP contribution >= 0.6 is 15.9 Å². The number of hydrogen-bond donors (Lipinski definition) is 1. The highest BCUT2D eigenvalue weighted by atomic mass is 79.9. The summed E-state index contributed by atoms with van der Waals surface area (Å²) in [6.07, 6.45) is 1.61. The van der Waals surface area contributed by atoms with Crippen molar-refractivity contribution in [2.75, 3.05) is 12.8 Å². The number of aryl methyl sites for hydroxylation is 1. The van der Waals surface area contributed by atoms with E-state index in [1.807, 2.05) is 13.0 Å². The van der Waals surface area contributed by atoms with E-state index in [0.717, 1.165) is 15.6 Å². The van der Waals surface area contributed by atoms with Crippen molar-refractivity contribution in [1.82, 2.24) is 4.98 Å². The van der Waals surface area contributed by atoms with Crippen LogP contribution in [-0.2, 0) is 4.74 Å². The van der Waals surface area contributed by atoms with Crippen LogP contribution in [0.1, 0.15) is 27.0 Å². The van der Waals surface area contributed by atoms with Crippen LogP contribution in [0.25, 0.3) is 0 Å². The van der Waals surface area contributed by atoms with Gasteiger partial charge in [0.05, 0.1) is 18.2 Å². The number of carbonyl (C=O) groups excluding carboxylic acids is 1. The molecule has 0 unspecified atom stereocenters. The Labute approximate surface area is 131 Å². The van der Waals surface area contributed by atoms with E-state index in [2.05, 4.69) is 32.8 Å². The highest BCUT2D eigenvalue weighted by Gasteiger charge is 2.06. The van der Waals surface area contributed by atoms with Gasteiger partial charge in [0.15, 0.2) is 0 Å². The Balaban J connectivity index is 2.42. The third-order valence-corrected chi connectivity index (χ3v) is 3.31. The van der Waals surface area contributed by atoms with Crippen LogP contribution in [0.15, 0.2) is 34.9 Å². The molecular weight excluding hydrogens is 332 g/mol. The van der Waals surface area contributed by atoms with E-state index < -0.39 is 0 Å². The van der Waals surface area contributed by atoms with E-state index in [1.165, 1.54) is 7.11 Å². The van der Waals surface area contributed by atoms with Crippen molar-refractivity contribution in [2.24, 2.45) is 0 Å². The number of esters is 1. The van der Waals surface area contributed by atoms with Crippen molar-refractivity contribution < 1.29 is 9.53 Å². The second-order valence-electron chi connectivity index (χ2n) is 4.36. The molecule has 0 bridgehead atoms. The summed E-state index contributed by atoms with van der Waals surface area (Å²) in [5.41, 5.74) is 8.60. The Morgan fingerprint density at radius 2 is 2.00 bits per heavy atom. The zero-order chi connectivity index (χ0) is 15.4. The minimum atomic E-state index is -0.387. The van der Waals surface area contributed by atoms with Crippen LogP contribution in [-0.4, -0.2) is 18.1 Å². The molecule has 0 saturated heterocycles. The monoisotopic (exact) mass is 344 g/mol. The lowest BCUT2D eigenvalue weighted by Gasteiger charge is -2.02. The lowest BCUT2D eigenvalue weighted by molar-refractivity contribution is 0.0600. The van der Waals surface area contributed by atoms with Gasteiger partial charge < -0.3 is 10.5 Å². The van der Waals surface area contributed by atoms with Gasteiger partial charge in [-0.2, -0.15) is 0 Å². The Hall–Kier alpha value is -2.32. The molecule has 2 rings (SSSR count). The molecule has 0 radical (unpaired) electrons. The second kappa shape index (κ2) is 6.42. The molecule has 21 heavy (non-hydrogen) atoms. The number of hydrogen-bond acceptors (Lipinski definition) is 4. The highest BCUT2D eigenvalue weighted by Crippen LogP contribution is 2.15. The van der Waals surface area contributed by atoms with Gasteiger partial charge in [0.25, 0.3) is 0 Å². The first-order chi connectivity index (χ1) is 10.0. The molecule has 106 valence electrons. The number of carbonyl (C=O) groups is 1. The number of benzene rings is 1. The maximum absolute atomic E-state index is 11.5. The van der Waals surface area contributed by atoms with E-state index in [0.29, 0.717) is 16.9 Å². The quantitative estimate of drug-likeness (QED) is 0.638. The van der Waals surface area contributed by atoms with Gasteiger partial charge in [-0.1, -0.05) is 17.9 Å². The number of nitrogens with two attached hydrogens (primary N) is 1. The summed E-state index contributed by atoms with van der Waals surface area (Å²) in [6.45, 7) is 1.92. The molecule has 2 N–H and O–H groups in total. The molecule has 4 nitrogen and oxygen atoms in total. The van der Waals surface area contributed by atoms with Crippen LogP contribution in [0.2, 0.25) is 0 Å². The van der Waals surface area contributed by atoms with Crippen LogP contribution in [0, 0.1) is 18.8 Å². The molecule has 0 saturated carbocycles. The predicted molar refractivity (Wildman–Crippen MR) is 84.8 cm³/mol. The van der Waals surface area contributed by atoms with Crippen molar-refractivity contribution in [3.8, 4) is 11.8 Å². The van der Waals surface area contributed by atoms with E-state index in [-0.39, 0.29) is 5.97 Å². The molecular formula is C16H13BrN2O2. The third-order valence-electron chi connectivity index (χ3n) is 2.88. The summed E-state index contributed by atoms with van der Waals surface area (Å²) >= 11 is 3.33. The van der Waals surface area contributed by atoms with Gasteiger partial charge in [-0.3, -0.25) is 0 Å². The first-order valence-electron chi connectivity index (χ1n) is 6.13. The van der Waals surface area contributed by atoms with Crippen LogP contribution in [0.3, 0.4) is 0 Å². The number of anilines is 1. The Kier molecular flexibility index (Phi) is 4.61. The van der Waals surface area contributed by atoms with E-state index in [9.17, 15) is 4.79 Å². The van der Waals surface area contributed by atoms with Crippen LogP contribution in [0.5, 0.6) is 0 Å². The molecule has 1 heterocycles. The molecule has 2 aromatic rings. The zero-order valence-corrected chi connectivity index (χ0v) is 13.2. The van der Waals surface area contributed by atoms with Gasteiger partial charge in [0.2, 0.25) is 0 Å². The van der Waals surface area contributed by atoms with E-state index in [1.54, 1.807) is 24.4 Å². The number of nitrogen functional groups attached to an aromatic ring is 1. The summed E-state index contributed by atoms with van der Waals surface area (Å²) in [5, 5.41) is 0. The first kappa shape index (κ1) is 15.1. The number of rotatable bonds is 1. The molecule has 5 heteroatoms. The lowest BCUT2D eigenvalue weighted by atomic mass is 10.0. The number of halogens is 1. The number of aromatic nitrogens is 1. The van der Waals surface area contributed by atoms with Crippen molar-refractivity contribution in [1.29, 1.82) is 0 Å². The fourth-order valence-electron chi connectivity index (χ4n) is 1.69. The lowest BCUT2D eigenvalue weighted by Crippen LogP contribution is -2.01. The SMILES string of the molecule is COC(=O)c1ccc(C)c(C#Cc2cc(Br)cnc2N)c1. The van der Waals surface area contributed by atoms with Crippen molar-refractivity contribution >= 4 is 27.7 Å². The average molecular weight is 345 g/mol. The van der Waals surface area contributed by atoms with Gasteiger partial charge in [0.1, 0.15) is 5.82 Å². The molecule has 0 aliphatic rings. The summed E-state index contributed by atoms with van der Waals surface area (Å²) < 4.78 is 5.51. The van der Waals surface area contributed by atoms with Crippen molar-refractivity contribution in [3.63, 3.8) is 0 Å². The zero-order valence-electron chi connectivity index (χ0n) is 11.6. The number of nitrogens with zero attached hydrogens (tertiary/aromatic N) is 1. The second-order valence-corrected chi connectivity index (χ2v) is 5.27. The number of methoxy groups -OCH3 is 1. The fourth-order valence-corrected chi connectivity index (χ4v) is 2.02. The van der Waals surface area contributed by atoms with E-state index in [4.69, 9.17) is 10.5 Å². The molecule has 0 atom stereocenters. The van der Waals surface area contributed by atoms with E-state index >= 15 is 0 Å². The Morgan fingerprint density at radius 1 is 1.29 bits per heavy atom. The van der Waals surface area contributed by atoms with Gasteiger partial charge in [-0.25, -0.2) is 9.78 Å². The summed E-state index contributed by atoms with van der Waals surface area (Å²) in [5.74, 6) is 5.97. The summed E-state index contributed by atoms with van der Waals surface area (Å²) in [6, 6.07) is 7.05. The number of pyridine rings is 1. The smallest absolute Gasteiger partial charge is 0.337 e. The average Bonchev–Trinajstić information content (AvgIpc) is 2.48. The van der Waals surface area contributed by atoms with Gasteiger partial charge in [0, 0.05) is 16.2 Å². The molecule has 0 aliphatic heterocycles. The Morgan fingerprint density at radius 3 is 2.71 bits per heavy atom. The van der Waals surface area contributed by atoms with Gasteiger partial charge in [-0.15, -0.1) is 0 Å². The highest BCUT2D eigenvalue weighted by molar-refractivity contribution is 9.10. The normalized spacial score (nSPS) is 9.67. The Bertz CT molecular complexity index is 761. The standard InChI is InChI=1S/C16H13BrN2O2/c1-10-3-4-13(16(20)21-2)7-11(10)5-6-12-8-14(17)9-19-15(12)18/h3-4,7-9H,1-2H3,(H2,18,19). The molecule has 0 spiro atoms. The van der Waals surface area contributed by atoms with Gasteiger partial charge >= 0.3 is 5.97 Å². The maximum atomic E-state index is 11.5. The third kappa shape index (κ3) is 3.61. The topological polar surface area (TPSA) is 65.2 Å². The largest absolute Gasteiger partial charge is 0.465 e. The number of ether oxygens (including phenoxy) is 1. The van der Waals surface area contributed by atoms with Crippen molar-refractivity contribution in [2.45, 2.75) is 6.92 Å². The predicted octanol–water partition coefficient (Wildman–Crippen LogP) is 2.92. The van der Waals surface area contributed by atoms with Crippen molar-refractivity contribution in [3.05, 3.63) is 57.2 Å². The fraction of sp³-hybridized carbons (Fsp3) is 0.125. The minimum absolute atomic E-state index is 0.368. The molecule has 0 aliphatic carbocycles. The molecule has 0 fully saturated rings. The van der Waals surface area contributed by atoms with Gasteiger partial charge in [-0.05, 0) is 46.6 Å². The van der Waals surface area contributed by atoms with Crippen LogP contribution < -0.4 is 5.73 Å². The van der Waals surface area contributed by atoms with Crippen LogP contribution in [0.4, 0.5) is 5.82 Å². The molecule has 0 amide bonds. The maximum Gasteiger partial charge on any atom is 0.337 e. The summed E-state index contributed by atoms with van der Waals surface area (Å²) in [7, 11) is 1.35. The minimum Gasteiger partial charge on any atom is -0.465 e. The molecule has 1 aromatic heterocycles.